The van der Waals surface area contributed by atoms with Crippen LogP contribution in [0.2, 0.25) is 0 Å². The molecule has 1 fully saturated rings. The average Bonchev–Trinajstić information content (AvgIpc) is 3.60. The van der Waals surface area contributed by atoms with E-state index in [4.69, 9.17) is 10.5 Å². The minimum atomic E-state index is 0. The Bertz CT molecular complexity index is 361. The maximum atomic E-state index is 11.3. The van der Waals surface area contributed by atoms with Gasteiger partial charge in [0.1, 0.15) is 0 Å². The van der Waals surface area contributed by atoms with Crippen LogP contribution in [-0.2, 0) is 31.9 Å². The molecule has 1 aliphatic carbocycles. The number of ether oxygens (including phenoxy) is 1. The number of esters is 1. The smallest absolute Gasteiger partial charge is 0.308 e. The van der Waals surface area contributed by atoms with E-state index in [0.29, 0.717) is 6.61 Å². The predicted molar refractivity (Wildman–Crippen MR) is 131 cm³/mol. The molecule has 1 rings (SSSR count). The van der Waals surface area contributed by atoms with Crippen LogP contribution in [0, 0.1) is 5.92 Å². The summed E-state index contributed by atoms with van der Waals surface area (Å²) in [5.41, 5.74) is 5.34. The molecule has 0 saturated heterocycles. The Labute approximate surface area is 210 Å². The number of likely N-dealkylation sites (N-methyl/N-ethyl adjacent to an activating group) is 1. The summed E-state index contributed by atoms with van der Waals surface area (Å²) < 4.78 is 5.23. The van der Waals surface area contributed by atoms with Gasteiger partial charge in [0.2, 0.25) is 0 Å². The standard InChI is InChI=1S/C20H38O2.C6H16N2.Au/c1-2-3-4-5-6-7-8-9-10-11-12-13-14-15-18-22-20(21)19-16-17-19;1-3-8(4-2)6-5-7;/h19H,2-18H2,1H3;3-7H2,1-2H3;. The van der Waals surface area contributed by atoms with Crippen LogP contribution >= 0.6 is 0 Å². The van der Waals surface area contributed by atoms with E-state index in [1.54, 1.807) is 0 Å². The third-order valence-corrected chi connectivity index (χ3v) is 5.99. The van der Waals surface area contributed by atoms with Crippen LogP contribution in [0.5, 0.6) is 0 Å². The second kappa shape index (κ2) is 26.4. The summed E-state index contributed by atoms with van der Waals surface area (Å²) >= 11 is 0. The quantitative estimate of drug-likeness (QED) is 0.0932. The monoisotopic (exact) mass is 623 g/mol. The van der Waals surface area contributed by atoms with Gasteiger partial charge in [0.25, 0.3) is 0 Å². The number of hydrogen-bond donors (Lipinski definition) is 1. The van der Waals surface area contributed by atoms with Crippen molar-refractivity contribution in [2.24, 2.45) is 11.7 Å². The van der Waals surface area contributed by atoms with Crippen molar-refractivity contribution in [1.29, 1.82) is 0 Å². The van der Waals surface area contributed by atoms with Gasteiger partial charge >= 0.3 is 5.97 Å². The van der Waals surface area contributed by atoms with E-state index >= 15 is 0 Å². The largest absolute Gasteiger partial charge is 0.465 e. The van der Waals surface area contributed by atoms with E-state index in [1.807, 2.05) is 0 Å². The molecule has 0 aromatic carbocycles. The first kappa shape index (κ1) is 33.3. The Hall–Kier alpha value is 0.130. The molecular weight excluding hydrogens is 569 g/mol. The second-order valence-corrected chi connectivity index (χ2v) is 8.85. The summed E-state index contributed by atoms with van der Waals surface area (Å²) in [5, 5.41) is 0. The van der Waals surface area contributed by atoms with Gasteiger partial charge in [-0.25, -0.2) is 0 Å². The maximum Gasteiger partial charge on any atom is 0.308 e. The molecule has 1 saturated carbocycles. The number of rotatable bonds is 20. The molecule has 0 aliphatic heterocycles. The fourth-order valence-corrected chi connectivity index (χ4v) is 3.63. The Balaban J connectivity index is 0. The summed E-state index contributed by atoms with van der Waals surface area (Å²) in [5.74, 6) is 0.307. The van der Waals surface area contributed by atoms with E-state index in [0.717, 1.165) is 45.4 Å². The summed E-state index contributed by atoms with van der Waals surface area (Å²) in [4.78, 5) is 13.6. The normalized spacial score (nSPS) is 12.8. The van der Waals surface area contributed by atoms with Crippen LogP contribution in [0.3, 0.4) is 0 Å². The fourth-order valence-electron chi connectivity index (χ4n) is 3.63. The van der Waals surface area contributed by atoms with E-state index in [2.05, 4.69) is 25.7 Å². The van der Waals surface area contributed by atoms with Crippen molar-refractivity contribution in [2.45, 2.75) is 124 Å². The summed E-state index contributed by atoms with van der Waals surface area (Å²) in [6.07, 6.45) is 21.2. The molecule has 0 bridgehead atoms. The molecular formula is C26H54AuN2O2. The minimum Gasteiger partial charge on any atom is -0.465 e. The Morgan fingerprint density at radius 2 is 1.19 bits per heavy atom. The van der Waals surface area contributed by atoms with Gasteiger partial charge in [-0.05, 0) is 32.4 Å². The zero-order chi connectivity index (χ0) is 22.3. The molecule has 1 radical (unpaired) electrons. The topological polar surface area (TPSA) is 55.6 Å². The van der Waals surface area contributed by atoms with Gasteiger partial charge in [-0.2, -0.15) is 0 Å². The van der Waals surface area contributed by atoms with Crippen LogP contribution in [0.1, 0.15) is 124 Å². The molecule has 0 amide bonds. The molecule has 191 valence electrons. The number of nitrogens with zero attached hydrogens (tertiary/aromatic N) is 1. The van der Waals surface area contributed by atoms with Crippen LogP contribution in [-0.4, -0.2) is 43.7 Å². The van der Waals surface area contributed by atoms with Crippen LogP contribution in [0.4, 0.5) is 0 Å². The molecule has 1 aliphatic rings. The Morgan fingerprint density at radius 3 is 1.52 bits per heavy atom. The fraction of sp³-hybridized carbons (Fsp3) is 0.962. The van der Waals surface area contributed by atoms with E-state index in [9.17, 15) is 4.79 Å². The third kappa shape index (κ3) is 24.6. The molecule has 4 nitrogen and oxygen atoms in total. The number of nitrogens with two attached hydrogens (primary N) is 1. The third-order valence-electron chi connectivity index (χ3n) is 5.99. The van der Waals surface area contributed by atoms with Gasteiger partial charge in [-0.15, -0.1) is 0 Å². The summed E-state index contributed by atoms with van der Waals surface area (Å²) in [6.45, 7) is 11.3. The van der Waals surface area contributed by atoms with E-state index in [-0.39, 0.29) is 34.3 Å². The van der Waals surface area contributed by atoms with E-state index < -0.39 is 0 Å². The number of carbonyl (C=O) groups excluding carboxylic acids is 1. The summed E-state index contributed by atoms with van der Waals surface area (Å²) in [7, 11) is 0. The molecule has 0 aromatic rings. The van der Waals surface area contributed by atoms with Crippen molar-refractivity contribution in [3.8, 4) is 0 Å². The van der Waals surface area contributed by atoms with Crippen molar-refractivity contribution < 1.29 is 31.9 Å². The molecule has 2 N–H and O–H groups in total. The molecule has 0 unspecified atom stereocenters. The Morgan fingerprint density at radius 1 is 0.774 bits per heavy atom. The van der Waals surface area contributed by atoms with Gasteiger partial charge in [-0.1, -0.05) is 104 Å². The van der Waals surface area contributed by atoms with E-state index in [1.165, 1.54) is 83.5 Å². The van der Waals surface area contributed by atoms with Gasteiger partial charge < -0.3 is 15.4 Å². The predicted octanol–water partition coefficient (Wildman–Crippen LogP) is 6.71. The van der Waals surface area contributed by atoms with Gasteiger partial charge in [-0.3, -0.25) is 4.79 Å². The van der Waals surface area contributed by atoms with Crippen molar-refractivity contribution in [3.63, 3.8) is 0 Å². The first-order valence-electron chi connectivity index (χ1n) is 13.3. The van der Waals surface area contributed by atoms with Crippen molar-refractivity contribution in [1.82, 2.24) is 4.90 Å². The average molecular weight is 624 g/mol. The van der Waals surface area contributed by atoms with Crippen LogP contribution in [0.15, 0.2) is 0 Å². The molecule has 5 heteroatoms. The first-order chi connectivity index (χ1) is 14.7. The van der Waals surface area contributed by atoms with Gasteiger partial charge in [0, 0.05) is 35.5 Å². The molecule has 0 heterocycles. The minimum absolute atomic E-state index is 0. The Kier molecular flexibility index (Phi) is 28.3. The van der Waals surface area contributed by atoms with Gasteiger partial charge in [0.05, 0.1) is 12.5 Å². The zero-order valence-electron chi connectivity index (χ0n) is 21.1. The van der Waals surface area contributed by atoms with Crippen molar-refractivity contribution >= 4 is 5.97 Å². The summed E-state index contributed by atoms with van der Waals surface area (Å²) in [6, 6.07) is 0. The molecule has 0 aromatic heterocycles. The first-order valence-corrected chi connectivity index (χ1v) is 13.3. The number of hydrogen-bond acceptors (Lipinski definition) is 4. The van der Waals surface area contributed by atoms with Gasteiger partial charge in [0.15, 0.2) is 0 Å². The molecule has 0 spiro atoms. The maximum absolute atomic E-state index is 11.3. The van der Waals surface area contributed by atoms with Crippen molar-refractivity contribution in [2.75, 3.05) is 32.8 Å². The SMILES string of the molecule is CCCCCCCCCCCCCCCCOC(=O)C1CC1.CCN(CC)CCN.[Au]. The molecule has 31 heavy (non-hydrogen) atoms. The molecule has 0 atom stereocenters. The van der Waals surface area contributed by atoms with Crippen molar-refractivity contribution in [3.05, 3.63) is 0 Å². The van der Waals surface area contributed by atoms with Crippen LogP contribution in [0.25, 0.3) is 0 Å². The number of carbonyl (C=O) groups is 1. The number of unbranched alkanes of at least 4 members (excludes halogenated alkanes) is 13. The van der Waals surface area contributed by atoms with Crippen LogP contribution < -0.4 is 5.73 Å². The second-order valence-electron chi connectivity index (χ2n) is 8.85. The zero-order valence-corrected chi connectivity index (χ0v) is 23.2.